The molecule has 0 N–H and O–H groups in total. The van der Waals surface area contributed by atoms with Gasteiger partial charge in [-0.05, 0) is 36.6 Å². The number of furan rings is 1. The summed E-state index contributed by atoms with van der Waals surface area (Å²) in [7, 11) is 0. The van der Waals surface area contributed by atoms with Crippen molar-refractivity contribution in [1.82, 2.24) is 0 Å². The van der Waals surface area contributed by atoms with Crippen molar-refractivity contribution in [3.8, 4) is 0 Å². The van der Waals surface area contributed by atoms with Crippen LogP contribution in [0.1, 0.15) is 21.7 Å². The Morgan fingerprint density at radius 1 is 1.35 bits per heavy atom. The molecule has 2 aromatic rings. The van der Waals surface area contributed by atoms with Crippen molar-refractivity contribution in [2.45, 2.75) is 13.3 Å². The molecule has 1 aliphatic rings. The summed E-state index contributed by atoms with van der Waals surface area (Å²) in [6.07, 6.45) is 2.52. The molecule has 0 bridgehead atoms. The van der Waals surface area contributed by atoms with Crippen LogP contribution in [-0.2, 0) is 6.42 Å². The summed E-state index contributed by atoms with van der Waals surface area (Å²) in [6.45, 7) is 2.65. The third-order valence-corrected chi connectivity index (χ3v) is 3.07. The number of anilines is 1. The molecule has 0 spiro atoms. The van der Waals surface area contributed by atoms with Gasteiger partial charge >= 0.3 is 0 Å². The molecule has 0 saturated heterocycles. The predicted octanol–water partition coefficient (Wildman–Crippen LogP) is 2.79. The fraction of sp³-hybridized carbons (Fsp3) is 0.214. The molecule has 0 saturated carbocycles. The van der Waals surface area contributed by atoms with Crippen molar-refractivity contribution >= 4 is 11.6 Å². The van der Waals surface area contributed by atoms with Gasteiger partial charge in [0.2, 0.25) is 0 Å². The third-order valence-electron chi connectivity index (χ3n) is 3.07. The van der Waals surface area contributed by atoms with Crippen LogP contribution < -0.4 is 4.90 Å². The molecule has 2 heterocycles. The SMILES string of the molecule is Cc1coc(C(=O)N2CCc3ccccc32)c1. The molecule has 0 radical (unpaired) electrons. The number of nitrogens with zero attached hydrogens (tertiary/aromatic N) is 1. The molecule has 17 heavy (non-hydrogen) atoms. The highest BCUT2D eigenvalue weighted by Gasteiger charge is 2.26. The van der Waals surface area contributed by atoms with E-state index in [1.54, 1.807) is 17.2 Å². The van der Waals surface area contributed by atoms with Crippen molar-refractivity contribution in [1.29, 1.82) is 0 Å². The standard InChI is InChI=1S/C14H13NO2/c1-10-8-13(17-9-10)14(16)15-7-6-11-4-2-3-5-12(11)15/h2-5,8-9H,6-7H2,1H3. The zero-order valence-corrected chi connectivity index (χ0v) is 9.64. The molecule has 3 heteroatoms. The molecule has 1 aromatic heterocycles. The van der Waals surface area contributed by atoms with Gasteiger partial charge in [0.15, 0.2) is 5.76 Å². The average molecular weight is 227 g/mol. The number of benzene rings is 1. The Morgan fingerprint density at radius 3 is 2.94 bits per heavy atom. The van der Waals surface area contributed by atoms with E-state index in [0.29, 0.717) is 5.76 Å². The van der Waals surface area contributed by atoms with Crippen LogP contribution in [0.15, 0.2) is 41.0 Å². The summed E-state index contributed by atoms with van der Waals surface area (Å²) in [6, 6.07) is 9.79. The summed E-state index contributed by atoms with van der Waals surface area (Å²) in [4.78, 5) is 14.0. The maximum atomic E-state index is 12.3. The molecule has 1 amide bonds. The van der Waals surface area contributed by atoms with Crippen molar-refractivity contribution < 1.29 is 9.21 Å². The van der Waals surface area contributed by atoms with Crippen molar-refractivity contribution in [3.63, 3.8) is 0 Å². The van der Waals surface area contributed by atoms with Gasteiger partial charge < -0.3 is 9.32 Å². The summed E-state index contributed by atoms with van der Waals surface area (Å²) in [5.74, 6) is 0.363. The smallest absolute Gasteiger partial charge is 0.293 e. The van der Waals surface area contributed by atoms with Crippen LogP contribution in [-0.4, -0.2) is 12.5 Å². The minimum absolute atomic E-state index is 0.0527. The molecule has 1 aliphatic heterocycles. The van der Waals surface area contributed by atoms with Gasteiger partial charge in [0, 0.05) is 12.2 Å². The molecule has 1 aromatic carbocycles. The van der Waals surface area contributed by atoms with Gasteiger partial charge in [0.25, 0.3) is 5.91 Å². The second-order valence-corrected chi connectivity index (χ2v) is 4.32. The lowest BCUT2D eigenvalue weighted by atomic mass is 10.2. The molecule has 0 unspecified atom stereocenters. The van der Waals surface area contributed by atoms with Gasteiger partial charge in [-0.25, -0.2) is 0 Å². The normalized spacial score (nSPS) is 13.8. The first kappa shape index (κ1) is 10.1. The van der Waals surface area contributed by atoms with E-state index in [2.05, 4.69) is 6.07 Å². The third kappa shape index (κ3) is 1.64. The number of carbonyl (C=O) groups is 1. The molecule has 0 aliphatic carbocycles. The van der Waals surface area contributed by atoms with Gasteiger partial charge in [-0.2, -0.15) is 0 Å². The number of amides is 1. The number of hydrogen-bond donors (Lipinski definition) is 0. The van der Waals surface area contributed by atoms with Crippen LogP contribution in [0.2, 0.25) is 0 Å². The van der Waals surface area contributed by atoms with Crippen LogP contribution >= 0.6 is 0 Å². The van der Waals surface area contributed by atoms with E-state index in [9.17, 15) is 4.79 Å². The number of para-hydroxylation sites is 1. The second-order valence-electron chi connectivity index (χ2n) is 4.32. The van der Waals surface area contributed by atoms with E-state index >= 15 is 0 Å². The second kappa shape index (κ2) is 3.77. The van der Waals surface area contributed by atoms with E-state index in [1.807, 2.05) is 25.1 Å². The first-order valence-electron chi connectivity index (χ1n) is 5.70. The van der Waals surface area contributed by atoms with Crippen molar-refractivity contribution in [3.05, 3.63) is 53.5 Å². The lowest BCUT2D eigenvalue weighted by Gasteiger charge is -2.15. The van der Waals surface area contributed by atoms with Gasteiger partial charge in [-0.3, -0.25) is 4.79 Å². The summed E-state index contributed by atoms with van der Waals surface area (Å²) >= 11 is 0. The average Bonchev–Trinajstić information content (AvgIpc) is 2.94. The Bertz CT molecular complexity index is 571. The largest absolute Gasteiger partial charge is 0.459 e. The lowest BCUT2D eigenvalue weighted by molar-refractivity contribution is 0.0963. The highest BCUT2D eigenvalue weighted by molar-refractivity contribution is 6.05. The van der Waals surface area contributed by atoms with Crippen molar-refractivity contribution in [2.75, 3.05) is 11.4 Å². The molecule has 86 valence electrons. The minimum Gasteiger partial charge on any atom is -0.459 e. The lowest BCUT2D eigenvalue weighted by Crippen LogP contribution is -2.28. The van der Waals surface area contributed by atoms with Crippen LogP contribution in [0, 0.1) is 6.92 Å². The maximum Gasteiger partial charge on any atom is 0.293 e. The zero-order valence-electron chi connectivity index (χ0n) is 9.64. The van der Waals surface area contributed by atoms with Gasteiger partial charge in [-0.1, -0.05) is 18.2 Å². The van der Waals surface area contributed by atoms with Crippen LogP contribution in [0.5, 0.6) is 0 Å². The molecule has 3 nitrogen and oxygen atoms in total. The number of fused-ring (bicyclic) bond motifs is 1. The number of carbonyl (C=O) groups excluding carboxylic acids is 1. The van der Waals surface area contributed by atoms with E-state index in [1.165, 1.54) is 5.56 Å². The summed E-state index contributed by atoms with van der Waals surface area (Å²) in [5.41, 5.74) is 3.21. The Labute approximate surface area is 99.7 Å². The van der Waals surface area contributed by atoms with Gasteiger partial charge in [-0.15, -0.1) is 0 Å². The molecular weight excluding hydrogens is 214 g/mol. The maximum absolute atomic E-state index is 12.3. The Kier molecular flexibility index (Phi) is 2.25. The summed E-state index contributed by atoms with van der Waals surface area (Å²) in [5, 5.41) is 0. The van der Waals surface area contributed by atoms with Gasteiger partial charge in [0.1, 0.15) is 0 Å². The van der Waals surface area contributed by atoms with E-state index < -0.39 is 0 Å². The first-order valence-corrected chi connectivity index (χ1v) is 5.70. The number of rotatable bonds is 1. The zero-order chi connectivity index (χ0) is 11.8. The molecule has 0 fully saturated rings. The Balaban J connectivity index is 1.95. The number of aryl methyl sites for hydroxylation is 1. The van der Waals surface area contributed by atoms with Crippen molar-refractivity contribution in [2.24, 2.45) is 0 Å². The van der Waals surface area contributed by atoms with Crippen LogP contribution in [0.3, 0.4) is 0 Å². The highest BCUT2D eigenvalue weighted by Crippen LogP contribution is 2.29. The minimum atomic E-state index is -0.0527. The topological polar surface area (TPSA) is 33.5 Å². The van der Waals surface area contributed by atoms with E-state index in [4.69, 9.17) is 4.42 Å². The Hall–Kier alpha value is -2.03. The first-order chi connectivity index (χ1) is 8.25. The predicted molar refractivity (Wildman–Crippen MR) is 65.3 cm³/mol. The number of hydrogen-bond acceptors (Lipinski definition) is 2. The fourth-order valence-electron chi connectivity index (χ4n) is 2.23. The van der Waals surface area contributed by atoms with Gasteiger partial charge in [0.05, 0.1) is 6.26 Å². The quantitative estimate of drug-likeness (QED) is 0.750. The van der Waals surface area contributed by atoms with Crippen LogP contribution in [0.25, 0.3) is 0 Å². The summed E-state index contributed by atoms with van der Waals surface area (Å²) < 4.78 is 5.26. The Morgan fingerprint density at radius 2 is 2.18 bits per heavy atom. The highest BCUT2D eigenvalue weighted by atomic mass is 16.3. The molecule has 3 rings (SSSR count). The molecule has 0 atom stereocenters. The van der Waals surface area contributed by atoms with Crippen LogP contribution in [0.4, 0.5) is 5.69 Å². The fourth-order valence-corrected chi connectivity index (χ4v) is 2.23. The monoisotopic (exact) mass is 227 g/mol. The molecular formula is C14H13NO2. The van der Waals surface area contributed by atoms with E-state index in [-0.39, 0.29) is 5.91 Å². The van der Waals surface area contributed by atoms with E-state index in [0.717, 1.165) is 24.2 Å².